The van der Waals surface area contributed by atoms with Crippen LogP contribution in [0.25, 0.3) is 0 Å². The van der Waals surface area contributed by atoms with Crippen LogP contribution in [-0.2, 0) is 9.47 Å². The molecule has 0 saturated carbocycles. The fraction of sp³-hybridized carbons (Fsp3) is 0.350. The number of amidine groups is 1. The number of nitrogens with one attached hydrogen (secondary N) is 2. The summed E-state index contributed by atoms with van der Waals surface area (Å²) in [6.07, 6.45) is 2.33. The molecule has 1 aliphatic rings. The molecule has 9 nitrogen and oxygen atoms in total. The summed E-state index contributed by atoms with van der Waals surface area (Å²) in [7, 11) is 1.58. The van der Waals surface area contributed by atoms with Gasteiger partial charge in [0.15, 0.2) is 0 Å². The molecule has 2 atom stereocenters. The average Bonchev–Trinajstić information content (AvgIpc) is 3.21. The number of carbonyl (C=O) groups excluding carboxylic acids is 1. The third kappa shape index (κ3) is 5.66. The Bertz CT molecular complexity index is 853. The maximum atomic E-state index is 12.4. The lowest BCUT2D eigenvalue weighted by Gasteiger charge is -2.19. The number of nitrogens with two attached hydrogens (primary N) is 2. The first-order valence-electron chi connectivity index (χ1n) is 9.35. The summed E-state index contributed by atoms with van der Waals surface area (Å²) in [6.45, 7) is 1.57. The summed E-state index contributed by atoms with van der Waals surface area (Å²) >= 11 is 0. The number of methoxy groups -OCH3 is 1. The molecule has 0 spiro atoms. The molecule has 1 saturated heterocycles. The van der Waals surface area contributed by atoms with Gasteiger partial charge in [0.2, 0.25) is 0 Å². The van der Waals surface area contributed by atoms with Gasteiger partial charge in [0.1, 0.15) is 11.7 Å². The van der Waals surface area contributed by atoms with E-state index >= 15 is 0 Å². The highest BCUT2D eigenvalue weighted by Gasteiger charge is 2.17. The maximum Gasteiger partial charge on any atom is 0.320 e. The van der Waals surface area contributed by atoms with Crippen LogP contribution in [0.2, 0.25) is 0 Å². The number of amides is 2. The van der Waals surface area contributed by atoms with E-state index in [9.17, 15) is 4.79 Å². The van der Waals surface area contributed by atoms with Gasteiger partial charge in [-0.2, -0.15) is 0 Å². The molecule has 1 fully saturated rings. The summed E-state index contributed by atoms with van der Waals surface area (Å²) in [5.41, 5.74) is 14.0. The highest BCUT2D eigenvalue weighted by atomic mass is 16.5. The molecule has 3 rings (SSSR count). The van der Waals surface area contributed by atoms with E-state index in [1.165, 1.54) is 6.20 Å². The van der Waals surface area contributed by atoms with Gasteiger partial charge >= 0.3 is 6.03 Å². The monoisotopic (exact) mass is 398 g/mol. The van der Waals surface area contributed by atoms with Gasteiger partial charge < -0.3 is 26.3 Å². The summed E-state index contributed by atoms with van der Waals surface area (Å²) < 4.78 is 10.5. The zero-order valence-corrected chi connectivity index (χ0v) is 16.3. The van der Waals surface area contributed by atoms with Crippen molar-refractivity contribution in [3.63, 3.8) is 0 Å². The number of rotatable bonds is 7. The van der Waals surface area contributed by atoms with E-state index in [4.69, 9.17) is 20.9 Å². The first-order valence-corrected chi connectivity index (χ1v) is 9.35. The van der Waals surface area contributed by atoms with Crippen LogP contribution in [0.3, 0.4) is 0 Å². The van der Waals surface area contributed by atoms with Crippen molar-refractivity contribution in [2.75, 3.05) is 38.0 Å². The molecule has 154 valence electrons. The van der Waals surface area contributed by atoms with E-state index in [1.807, 2.05) is 30.3 Å². The van der Waals surface area contributed by atoms with Gasteiger partial charge in [-0.1, -0.05) is 30.3 Å². The zero-order chi connectivity index (χ0) is 20.6. The molecule has 2 heterocycles. The van der Waals surface area contributed by atoms with Crippen LogP contribution in [0.4, 0.5) is 16.3 Å². The van der Waals surface area contributed by atoms with Crippen LogP contribution >= 0.6 is 0 Å². The highest BCUT2D eigenvalue weighted by molar-refractivity contribution is 6.02. The number of benzene rings is 1. The zero-order valence-electron chi connectivity index (χ0n) is 16.3. The second kappa shape index (κ2) is 9.85. The van der Waals surface area contributed by atoms with Crippen LogP contribution < -0.4 is 22.1 Å². The summed E-state index contributed by atoms with van der Waals surface area (Å²) in [5.74, 6) is 0.621. The average molecular weight is 398 g/mol. The van der Waals surface area contributed by atoms with E-state index in [0.717, 1.165) is 12.0 Å². The predicted molar refractivity (Wildman–Crippen MR) is 112 cm³/mol. The number of urea groups is 1. The van der Waals surface area contributed by atoms with Gasteiger partial charge in [0.05, 0.1) is 30.9 Å². The first kappa shape index (κ1) is 20.6. The van der Waals surface area contributed by atoms with E-state index in [0.29, 0.717) is 42.7 Å². The normalized spacial score (nSPS) is 17.7. The number of hydrogen-bond acceptors (Lipinski definition) is 6. The Hall–Kier alpha value is -3.17. The predicted octanol–water partition coefficient (Wildman–Crippen LogP) is 1.67. The molecule has 1 aromatic heterocycles. The lowest BCUT2D eigenvalue weighted by Crippen LogP contribution is -2.35. The topological polar surface area (TPSA) is 137 Å². The second-order valence-corrected chi connectivity index (χ2v) is 6.71. The van der Waals surface area contributed by atoms with Gasteiger partial charge in [-0.25, -0.2) is 9.78 Å². The maximum absolute atomic E-state index is 12.4. The van der Waals surface area contributed by atoms with Crippen molar-refractivity contribution in [2.45, 2.75) is 18.5 Å². The minimum absolute atomic E-state index is 0.0358. The molecule has 0 bridgehead atoms. The van der Waals surface area contributed by atoms with Crippen LogP contribution in [0, 0.1) is 0 Å². The molecular weight excluding hydrogens is 372 g/mol. The van der Waals surface area contributed by atoms with Gasteiger partial charge in [-0.05, 0) is 12.0 Å². The smallest absolute Gasteiger partial charge is 0.320 e. The van der Waals surface area contributed by atoms with Crippen LogP contribution in [0.5, 0.6) is 0 Å². The van der Waals surface area contributed by atoms with E-state index in [2.05, 4.69) is 20.6 Å². The van der Waals surface area contributed by atoms with Gasteiger partial charge in [0, 0.05) is 31.7 Å². The van der Waals surface area contributed by atoms with Crippen molar-refractivity contribution < 1.29 is 14.3 Å². The number of carbonyl (C=O) groups is 1. The van der Waals surface area contributed by atoms with Gasteiger partial charge in [0.25, 0.3) is 0 Å². The van der Waals surface area contributed by atoms with Crippen molar-refractivity contribution in [1.29, 1.82) is 0 Å². The third-order valence-electron chi connectivity index (χ3n) is 4.52. The van der Waals surface area contributed by atoms with Gasteiger partial charge in [-0.15, -0.1) is 0 Å². The van der Waals surface area contributed by atoms with Crippen molar-refractivity contribution >= 4 is 23.4 Å². The highest BCUT2D eigenvalue weighted by Crippen LogP contribution is 2.17. The standard InChI is InChI=1S/C20H26N6O3/c1-28-12-17(13-5-3-2-4-6-13)25-20(27)26-18-9-16(21)15(10-23-18)19(22)24-14-7-8-29-11-14/h2-6,9-10,14,17H,7-8,11-12H2,1H3,(H2,22,24)(H4,21,23,25,26,27)/t14-,17-/m1/s1. The fourth-order valence-corrected chi connectivity index (χ4v) is 3.03. The molecule has 1 aliphatic heterocycles. The van der Waals surface area contributed by atoms with E-state index in [-0.39, 0.29) is 12.1 Å². The number of aromatic nitrogens is 1. The van der Waals surface area contributed by atoms with Gasteiger partial charge in [-0.3, -0.25) is 10.3 Å². The molecular formula is C20H26N6O3. The van der Waals surface area contributed by atoms with Crippen LogP contribution in [0.1, 0.15) is 23.6 Å². The quantitative estimate of drug-likeness (QED) is 0.414. The Morgan fingerprint density at radius 3 is 2.86 bits per heavy atom. The SMILES string of the molecule is COC[C@@H](NC(=O)Nc1cc(N)c(C(N)=N[C@@H]2CCOC2)cn1)c1ccccc1. The number of hydrogen-bond donors (Lipinski definition) is 4. The lowest BCUT2D eigenvalue weighted by atomic mass is 10.1. The Labute approximate surface area is 169 Å². The Morgan fingerprint density at radius 1 is 1.41 bits per heavy atom. The van der Waals surface area contributed by atoms with Crippen LogP contribution in [-0.4, -0.2) is 49.8 Å². The number of anilines is 2. The number of ether oxygens (including phenoxy) is 2. The molecule has 6 N–H and O–H groups in total. The Balaban J connectivity index is 1.65. The minimum atomic E-state index is -0.416. The fourth-order valence-electron chi connectivity index (χ4n) is 3.03. The van der Waals surface area contributed by atoms with Crippen molar-refractivity contribution in [3.8, 4) is 0 Å². The molecule has 1 aromatic carbocycles. The Kier molecular flexibility index (Phi) is 6.99. The number of nitrogen functional groups attached to an aromatic ring is 1. The number of pyridine rings is 1. The lowest BCUT2D eigenvalue weighted by molar-refractivity contribution is 0.168. The number of nitrogens with zero attached hydrogens (tertiary/aromatic N) is 2. The number of aliphatic imine (C=N–C) groups is 1. The minimum Gasteiger partial charge on any atom is -0.398 e. The summed E-state index contributed by atoms with van der Waals surface area (Å²) in [4.78, 5) is 21.1. The first-order chi connectivity index (χ1) is 14.1. The van der Waals surface area contributed by atoms with Crippen molar-refractivity contribution in [3.05, 3.63) is 53.7 Å². The third-order valence-corrected chi connectivity index (χ3v) is 4.52. The molecule has 29 heavy (non-hydrogen) atoms. The van der Waals surface area contributed by atoms with Crippen molar-refractivity contribution in [2.24, 2.45) is 10.7 Å². The largest absolute Gasteiger partial charge is 0.398 e. The van der Waals surface area contributed by atoms with E-state index < -0.39 is 6.03 Å². The summed E-state index contributed by atoms with van der Waals surface area (Å²) in [6, 6.07) is 10.4. The molecule has 2 aromatic rings. The van der Waals surface area contributed by atoms with E-state index in [1.54, 1.807) is 13.2 Å². The molecule has 0 radical (unpaired) electrons. The summed E-state index contributed by atoms with van der Waals surface area (Å²) in [5, 5.41) is 5.55. The molecule has 2 amide bonds. The second-order valence-electron chi connectivity index (χ2n) is 6.71. The van der Waals surface area contributed by atoms with Crippen LogP contribution in [0.15, 0.2) is 47.6 Å². The molecule has 9 heteroatoms. The Morgan fingerprint density at radius 2 is 2.21 bits per heavy atom. The molecule has 0 unspecified atom stereocenters. The van der Waals surface area contributed by atoms with Crippen molar-refractivity contribution in [1.82, 2.24) is 10.3 Å². The molecule has 0 aliphatic carbocycles.